The van der Waals surface area contributed by atoms with E-state index in [1.54, 1.807) is 13.8 Å². The molecule has 0 unspecified atom stereocenters. The maximum atomic E-state index is 13.1. The average molecular weight is 242 g/mol. The van der Waals surface area contributed by atoms with Gasteiger partial charge in [-0.2, -0.15) is 0 Å². The molecule has 0 aliphatic rings. The highest BCUT2D eigenvalue weighted by atomic mass is 19.1. The van der Waals surface area contributed by atoms with Gasteiger partial charge in [0.15, 0.2) is 11.6 Å². The third-order valence-electron chi connectivity index (χ3n) is 2.56. The molecule has 0 aliphatic carbocycles. The number of carboxylic acids is 1. The Balaban J connectivity index is 3.14. The zero-order valence-corrected chi connectivity index (χ0v) is 9.95. The number of carbonyl (C=O) groups is 1. The maximum Gasteiger partial charge on any atom is 0.309 e. The van der Waals surface area contributed by atoms with Crippen molar-refractivity contribution in [2.75, 3.05) is 7.11 Å². The van der Waals surface area contributed by atoms with Crippen LogP contribution in [0, 0.1) is 11.2 Å². The summed E-state index contributed by atoms with van der Waals surface area (Å²) in [4.78, 5) is 11.0. The van der Waals surface area contributed by atoms with E-state index in [-0.39, 0.29) is 12.2 Å². The van der Waals surface area contributed by atoms with Gasteiger partial charge >= 0.3 is 5.97 Å². The van der Waals surface area contributed by atoms with Crippen LogP contribution in [0.15, 0.2) is 12.1 Å². The van der Waals surface area contributed by atoms with Gasteiger partial charge in [-0.15, -0.1) is 0 Å². The van der Waals surface area contributed by atoms with Crippen molar-refractivity contribution in [3.8, 4) is 11.5 Å². The number of rotatable bonds is 4. The van der Waals surface area contributed by atoms with Gasteiger partial charge in [-0.1, -0.05) is 0 Å². The Labute approximate surface area is 98.7 Å². The standard InChI is InChI=1S/C12H15FO4/c1-12(2,11(15)16)6-7-4-9(14)8(13)5-10(7)17-3/h4-5,14H,6H2,1-3H3,(H,15,16). The lowest BCUT2D eigenvalue weighted by Gasteiger charge is -2.20. The van der Waals surface area contributed by atoms with Gasteiger partial charge in [-0.25, -0.2) is 4.39 Å². The molecule has 0 amide bonds. The van der Waals surface area contributed by atoms with Gasteiger partial charge in [0.1, 0.15) is 5.75 Å². The molecule has 4 nitrogen and oxygen atoms in total. The van der Waals surface area contributed by atoms with E-state index in [1.165, 1.54) is 13.2 Å². The summed E-state index contributed by atoms with van der Waals surface area (Å²) in [6.07, 6.45) is 0.138. The predicted octanol–water partition coefficient (Wildman–Crippen LogP) is 2.19. The SMILES string of the molecule is COc1cc(F)c(O)cc1CC(C)(C)C(=O)O. The number of aromatic hydroxyl groups is 1. The largest absolute Gasteiger partial charge is 0.505 e. The van der Waals surface area contributed by atoms with Gasteiger partial charge in [-0.05, 0) is 31.9 Å². The summed E-state index contributed by atoms with van der Waals surface area (Å²) >= 11 is 0. The molecule has 2 N–H and O–H groups in total. The first kappa shape index (κ1) is 13.3. The van der Waals surface area contributed by atoms with E-state index in [0.29, 0.717) is 5.56 Å². The Morgan fingerprint density at radius 3 is 2.53 bits per heavy atom. The molecule has 0 atom stereocenters. The Morgan fingerprint density at radius 2 is 2.06 bits per heavy atom. The van der Waals surface area contributed by atoms with Crippen molar-refractivity contribution in [2.45, 2.75) is 20.3 Å². The lowest BCUT2D eigenvalue weighted by molar-refractivity contribution is -0.146. The van der Waals surface area contributed by atoms with Crippen molar-refractivity contribution in [2.24, 2.45) is 5.41 Å². The fourth-order valence-electron chi connectivity index (χ4n) is 1.47. The van der Waals surface area contributed by atoms with Gasteiger partial charge in [0.05, 0.1) is 12.5 Å². The number of phenolic OH excluding ortho intramolecular Hbond substituents is 1. The highest BCUT2D eigenvalue weighted by Gasteiger charge is 2.29. The number of halogens is 1. The molecule has 1 aromatic carbocycles. The van der Waals surface area contributed by atoms with E-state index in [4.69, 9.17) is 9.84 Å². The molecule has 0 fully saturated rings. The summed E-state index contributed by atoms with van der Waals surface area (Å²) < 4.78 is 18.1. The van der Waals surface area contributed by atoms with Crippen LogP contribution < -0.4 is 4.74 Å². The van der Waals surface area contributed by atoms with Crippen LogP contribution in [-0.2, 0) is 11.2 Å². The summed E-state index contributed by atoms with van der Waals surface area (Å²) in [5.74, 6) is -2.04. The molecule has 5 heteroatoms. The molecule has 17 heavy (non-hydrogen) atoms. The van der Waals surface area contributed by atoms with E-state index in [1.807, 2.05) is 0 Å². The van der Waals surface area contributed by atoms with Crippen LogP contribution in [0.1, 0.15) is 19.4 Å². The van der Waals surface area contributed by atoms with Crippen LogP contribution in [0.4, 0.5) is 4.39 Å². The Kier molecular flexibility index (Phi) is 3.60. The Hall–Kier alpha value is -1.78. The number of hydrogen-bond donors (Lipinski definition) is 2. The monoisotopic (exact) mass is 242 g/mol. The topological polar surface area (TPSA) is 66.8 Å². The number of carboxylic acid groups (broad SMARTS) is 1. The molecule has 0 aromatic heterocycles. The third kappa shape index (κ3) is 2.87. The van der Waals surface area contributed by atoms with Crippen LogP contribution in [0.3, 0.4) is 0 Å². The highest BCUT2D eigenvalue weighted by molar-refractivity contribution is 5.74. The minimum atomic E-state index is -1.02. The zero-order chi connectivity index (χ0) is 13.2. The number of ether oxygens (including phenoxy) is 1. The second-order valence-corrected chi connectivity index (χ2v) is 4.48. The molecular formula is C12H15FO4. The molecular weight excluding hydrogens is 227 g/mol. The van der Waals surface area contributed by atoms with Crippen molar-refractivity contribution >= 4 is 5.97 Å². The first-order valence-corrected chi connectivity index (χ1v) is 5.06. The first-order chi connectivity index (χ1) is 7.77. The van der Waals surface area contributed by atoms with Crippen LogP contribution in [0.2, 0.25) is 0 Å². The number of methoxy groups -OCH3 is 1. The first-order valence-electron chi connectivity index (χ1n) is 5.06. The van der Waals surface area contributed by atoms with E-state index in [0.717, 1.165) is 6.07 Å². The third-order valence-corrected chi connectivity index (χ3v) is 2.56. The number of phenols is 1. The van der Waals surface area contributed by atoms with Gasteiger partial charge in [0.2, 0.25) is 0 Å². The second-order valence-electron chi connectivity index (χ2n) is 4.48. The van der Waals surface area contributed by atoms with Crippen molar-refractivity contribution in [1.82, 2.24) is 0 Å². The van der Waals surface area contributed by atoms with Crippen molar-refractivity contribution in [1.29, 1.82) is 0 Å². The normalized spacial score (nSPS) is 11.3. The van der Waals surface area contributed by atoms with E-state index >= 15 is 0 Å². The van der Waals surface area contributed by atoms with Gasteiger partial charge in [-0.3, -0.25) is 4.79 Å². The predicted molar refractivity (Wildman–Crippen MR) is 59.7 cm³/mol. The maximum absolute atomic E-state index is 13.1. The van der Waals surface area contributed by atoms with E-state index < -0.39 is 23.0 Å². The van der Waals surface area contributed by atoms with Crippen LogP contribution in [0.5, 0.6) is 11.5 Å². The molecule has 0 radical (unpaired) electrons. The van der Waals surface area contributed by atoms with Crippen molar-refractivity contribution < 1.29 is 24.1 Å². The van der Waals surface area contributed by atoms with Crippen LogP contribution in [-0.4, -0.2) is 23.3 Å². The summed E-state index contributed by atoms with van der Waals surface area (Å²) in [5.41, 5.74) is -0.559. The van der Waals surface area contributed by atoms with Gasteiger partial charge < -0.3 is 14.9 Å². The number of hydrogen-bond acceptors (Lipinski definition) is 3. The second kappa shape index (κ2) is 4.61. The molecule has 1 rings (SSSR count). The molecule has 0 saturated carbocycles. The smallest absolute Gasteiger partial charge is 0.309 e. The van der Waals surface area contributed by atoms with Crippen molar-refractivity contribution in [3.63, 3.8) is 0 Å². The fourth-order valence-corrected chi connectivity index (χ4v) is 1.47. The van der Waals surface area contributed by atoms with Crippen LogP contribution in [0.25, 0.3) is 0 Å². The molecule has 1 aromatic rings. The molecule has 0 spiro atoms. The summed E-state index contributed by atoms with van der Waals surface area (Å²) in [6.45, 7) is 3.10. The Morgan fingerprint density at radius 1 is 1.47 bits per heavy atom. The zero-order valence-electron chi connectivity index (χ0n) is 9.95. The number of aliphatic carboxylic acids is 1. The molecule has 0 saturated heterocycles. The highest BCUT2D eigenvalue weighted by Crippen LogP contribution is 2.32. The minimum Gasteiger partial charge on any atom is -0.505 e. The molecule has 0 heterocycles. The summed E-state index contributed by atoms with van der Waals surface area (Å²) in [5, 5.41) is 18.3. The Bertz CT molecular complexity index is 440. The molecule has 94 valence electrons. The molecule has 0 aliphatic heterocycles. The number of benzene rings is 1. The lowest BCUT2D eigenvalue weighted by atomic mass is 9.85. The molecule has 0 bridgehead atoms. The summed E-state index contributed by atoms with van der Waals surface area (Å²) in [7, 11) is 1.36. The summed E-state index contributed by atoms with van der Waals surface area (Å²) in [6, 6.07) is 2.24. The van der Waals surface area contributed by atoms with Gasteiger partial charge in [0.25, 0.3) is 0 Å². The van der Waals surface area contributed by atoms with Crippen LogP contribution >= 0.6 is 0 Å². The lowest BCUT2D eigenvalue weighted by Crippen LogP contribution is -2.26. The average Bonchev–Trinajstić information content (AvgIpc) is 2.22. The van der Waals surface area contributed by atoms with Crippen molar-refractivity contribution in [3.05, 3.63) is 23.5 Å². The quantitative estimate of drug-likeness (QED) is 0.849. The van der Waals surface area contributed by atoms with E-state index in [2.05, 4.69) is 0 Å². The van der Waals surface area contributed by atoms with E-state index in [9.17, 15) is 14.3 Å². The minimum absolute atomic E-state index is 0.138. The fraction of sp³-hybridized carbons (Fsp3) is 0.417. The van der Waals surface area contributed by atoms with Gasteiger partial charge in [0, 0.05) is 6.07 Å².